The van der Waals surface area contributed by atoms with Crippen LogP contribution in [-0.2, 0) is 14.3 Å². The molecule has 0 N–H and O–H groups in total. The summed E-state index contributed by atoms with van der Waals surface area (Å²) in [6, 6.07) is 9.21. The number of hydrogen-bond acceptors (Lipinski definition) is 3. The summed E-state index contributed by atoms with van der Waals surface area (Å²) in [4.78, 5) is 24.6. The van der Waals surface area contributed by atoms with Crippen molar-refractivity contribution in [3.8, 4) is 0 Å². The van der Waals surface area contributed by atoms with Crippen LogP contribution >= 0.6 is 0 Å². The lowest BCUT2D eigenvalue weighted by atomic mass is 9.79. The Morgan fingerprint density at radius 3 is 2.32 bits per heavy atom. The minimum atomic E-state index is -0.755. The van der Waals surface area contributed by atoms with Crippen LogP contribution in [0.3, 0.4) is 0 Å². The van der Waals surface area contributed by atoms with Crippen molar-refractivity contribution in [1.82, 2.24) is 0 Å². The Balaban J connectivity index is 2.22. The number of ketones is 1. The highest BCUT2D eigenvalue weighted by atomic mass is 16.5. The smallest absolute Gasteiger partial charge is 0.320 e. The molecular formula is C16H20O3. The van der Waals surface area contributed by atoms with Gasteiger partial charge in [0, 0.05) is 5.92 Å². The molecule has 1 aliphatic rings. The monoisotopic (exact) mass is 260 g/mol. The number of benzene rings is 1. The number of esters is 1. The van der Waals surface area contributed by atoms with E-state index < -0.39 is 11.9 Å². The zero-order valence-corrected chi connectivity index (χ0v) is 11.3. The molecule has 1 aliphatic carbocycles. The zero-order valence-electron chi connectivity index (χ0n) is 11.3. The Morgan fingerprint density at radius 2 is 1.74 bits per heavy atom. The number of Topliss-reactive ketones (excluding diaryl/α,β-unsaturated/α-hetero) is 1. The molecule has 0 aromatic heterocycles. The molecule has 1 saturated carbocycles. The van der Waals surface area contributed by atoms with Gasteiger partial charge in [-0.3, -0.25) is 9.59 Å². The Kier molecular flexibility index (Phi) is 4.72. The number of carbonyl (C=O) groups is 2. The molecule has 0 heterocycles. The van der Waals surface area contributed by atoms with Crippen LogP contribution < -0.4 is 0 Å². The molecule has 0 amide bonds. The first-order chi connectivity index (χ1) is 9.24. The average Bonchev–Trinajstić information content (AvgIpc) is 2.49. The topological polar surface area (TPSA) is 43.4 Å². The Labute approximate surface area is 114 Å². The summed E-state index contributed by atoms with van der Waals surface area (Å²) in [6.07, 6.45) is 5.16. The van der Waals surface area contributed by atoms with E-state index in [0.29, 0.717) is 0 Å². The molecule has 19 heavy (non-hydrogen) atoms. The van der Waals surface area contributed by atoms with Crippen molar-refractivity contribution >= 4 is 11.8 Å². The van der Waals surface area contributed by atoms with Crippen LogP contribution in [0.25, 0.3) is 0 Å². The van der Waals surface area contributed by atoms with Gasteiger partial charge < -0.3 is 4.74 Å². The molecule has 1 aromatic rings. The molecule has 3 heteroatoms. The van der Waals surface area contributed by atoms with Gasteiger partial charge in [-0.25, -0.2) is 0 Å². The van der Waals surface area contributed by atoms with Crippen molar-refractivity contribution in [1.29, 1.82) is 0 Å². The van der Waals surface area contributed by atoms with Gasteiger partial charge in [-0.05, 0) is 18.4 Å². The summed E-state index contributed by atoms with van der Waals surface area (Å²) in [5.74, 6) is -1.16. The van der Waals surface area contributed by atoms with E-state index in [0.717, 1.165) is 31.2 Å². The van der Waals surface area contributed by atoms with Gasteiger partial charge >= 0.3 is 5.97 Å². The van der Waals surface area contributed by atoms with Crippen molar-refractivity contribution in [3.63, 3.8) is 0 Å². The quantitative estimate of drug-likeness (QED) is 0.617. The van der Waals surface area contributed by atoms with E-state index in [-0.39, 0.29) is 11.7 Å². The van der Waals surface area contributed by atoms with E-state index in [9.17, 15) is 9.59 Å². The average molecular weight is 260 g/mol. The first kappa shape index (κ1) is 13.8. The predicted molar refractivity (Wildman–Crippen MR) is 72.8 cm³/mol. The molecule has 2 rings (SSSR count). The van der Waals surface area contributed by atoms with Crippen LogP contribution in [0, 0.1) is 5.92 Å². The van der Waals surface area contributed by atoms with Gasteiger partial charge in [-0.2, -0.15) is 0 Å². The van der Waals surface area contributed by atoms with Gasteiger partial charge in [0.2, 0.25) is 0 Å². The van der Waals surface area contributed by atoms with E-state index in [1.165, 1.54) is 13.5 Å². The third-order valence-corrected chi connectivity index (χ3v) is 3.86. The standard InChI is InChI=1S/C16H20O3/c1-19-16(18)14(12-8-4-2-5-9-12)15(17)13-10-6-3-7-11-13/h2,4-5,8-9,13-14H,3,6-7,10-11H2,1H3. The van der Waals surface area contributed by atoms with Crippen molar-refractivity contribution in [2.45, 2.75) is 38.0 Å². The van der Waals surface area contributed by atoms with Gasteiger partial charge in [-0.1, -0.05) is 49.6 Å². The van der Waals surface area contributed by atoms with Crippen molar-refractivity contribution in [2.75, 3.05) is 7.11 Å². The fraction of sp³-hybridized carbons (Fsp3) is 0.500. The molecule has 1 fully saturated rings. The van der Waals surface area contributed by atoms with Crippen LogP contribution in [0.5, 0.6) is 0 Å². The highest BCUT2D eigenvalue weighted by molar-refractivity contribution is 6.05. The molecule has 3 nitrogen and oxygen atoms in total. The molecule has 0 aliphatic heterocycles. The Hall–Kier alpha value is -1.64. The van der Waals surface area contributed by atoms with Crippen LogP contribution in [0.1, 0.15) is 43.6 Å². The first-order valence-corrected chi connectivity index (χ1v) is 6.90. The van der Waals surface area contributed by atoms with E-state index in [1.807, 2.05) is 30.3 Å². The number of methoxy groups -OCH3 is 1. The van der Waals surface area contributed by atoms with Crippen LogP contribution in [-0.4, -0.2) is 18.9 Å². The molecule has 1 unspecified atom stereocenters. The second-order valence-electron chi connectivity index (χ2n) is 5.10. The fourth-order valence-electron chi connectivity index (χ4n) is 2.80. The summed E-state index contributed by atoms with van der Waals surface area (Å²) < 4.78 is 4.82. The SMILES string of the molecule is COC(=O)C(C(=O)C1CCCCC1)c1ccccc1. The minimum absolute atomic E-state index is 0.0121. The molecule has 1 atom stereocenters. The molecule has 0 saturated heterocycles. The largest absolute Gasteiger partial charge is 0.468 e. The first-order valence-electron chi connectivity index (χ1n) is 6.90. The number of hydrogen-bond donors (Lipinski definition) is 0. The summed E-state index contributed by atoms with van der Waals surface area (Å²) in [7, 11) is 1.34. The number of ether oxygens (including phenoxy) is 1. The normalized spacial score (nSPS) is 17.7. The highest BCUT2D eigenvalue weighted by Crippen LogP contribution is 2.30. The third-order valence-electron chi connectivity index (χ3n) is 3.86. The van der Waals surface area contributed by atoms with E-state index in [4.69, 9.17) is 4.74 Å². The predicted octanol–water partition coefficient (Wildman–Crippen LogP) is 3.09. The highest BCUT2D eigenvalue weighted by Gasteiger charge is 2.34. The molecular weight excluding hydrogens is 240 g/mol. The van der Waals surface area contributed by atoms with Crippen LogP contribution in [0.4, 0.5) is 0 Å². The summed E-state index contributed by atoms with van der Waals surface area (Å²) in [6.45, 7) is 0. The van der Waals surface area contributed by atoms with Crippen molar-refractivity contribution in [2.24, 2.45) is 5.92 Å². The molecule has 1 aromatic carbocycles. The van der Waals surface area contributed by atoms with Crippen LogP contribution in [0.15, 0.2) is 30.3 Å². The summed E-state index contributed by atoms with van der Waals surface area (Å²) in [5, 5.41) is 0. The lowest BCUT2D eigenvalue weighted by Crippen LogP contribution is -2.30. The Bertz CT molecular complexity index is 433. The zero-order chi connectivity index (χ0) is 13.7. The molecule has 0 radical (unpaired) electrons. The molecule has 0 bridgehead atoms. The lowest BCUT2D eigenvalue weighted by Gasteiger charge is -2.24. The maximum atomic E-state index is 12.6. The lowest BCUT2D eigenvalue weighted by molar-refractivity contribution is -0.147. The maximum absolute atomic E-state index is 12.6. The summed E-state index contributed by atoms with van der Waals surface area (Å²) >= 11 is 0. The van der Waals surface area contributed by atoms with Gasteiger partial charge in [0.1, 0.15) is 5.92 Å². The van der Waals surface area contributed by atoms with Crippen molar-refractivity contribution in [3.05, 3.63) is 35.9 Å². The third kappa shape index (κ3) is 3.22. The van der Waals surface area contributed by atoms with Gasteiger partial charge in [0.25, 0.3) is 0 Å². The molecule has 102 valence electrons. The fourth-order valence-corrected chi connectivity index (χ4v) is 2.80. The minimum Gasteiger partial charge on any atom is -0.468 e. The van der Waals surface area contributed by atoms with Crippen LogP contribution in [0.2, 0.25) is 0 Å². The number of carbonyl (C=O) groups excluding carboxylic acids is 2. The van der Waals surface area contributed by atoms with Gasteiger partial charge in [-0.15, -0.1) is 0 Å². The number of rotatable bonds is 4. The maximum Gasteiger partial charge on any atom is 0.320 e. The second kappa shape index (κ2) is 6.50. The Morgan fingerprint density at radius 1 is 1.11 bits per heavy atom. The molecule has 0 spiro atoms. The van der Waals surface area contributed by atoms with E-state index in [2.05, 4.69) is 0 Å². The van der Waals surface area contributed by atoms with E-state index in [1.54, 1.807) is 0 Å². The van der Waals surface area contributed by atoms with Gasteiger partial charge in [0.15, 0.2) is 5.78 Å². The van der Waals surface area contributed by atoms with Crippen molar-refractivity contribution < 1.29 is 14.3 Å². The van der Waals surface area contributed by atoms with E-state index >= 15 is 0 Å². The second-order valence-corrected chi connectivity index (χ2v) is 5.10. The van der Waals surface area contributed by atoms with Gasteiger partial charge in [0.05, 0.1) is 7.11 Å². The summed E-state index contributed by atoms with van der Waals surface area (Å²) in [5.41, 5.74) is 0.741.